The predicted molar refractivity (Wildman–Crippen MR) is 80.2 cm³/mol. The highest BCUT2D eigenvalue weighted by Crippen LogP contribution is 2.70. The van der Waals surface area contributed by atoms with Crippen LogP contribution in [0.2, 0.25) is 0 Å². The molecular formula is C18H27NO. The summed E-state index contributed by atoms with van der Waals surface area (Å²) < 4.78 is 5.54. The molecule has 4 aliphatic rings. The third-order valence-corrected chi connectivity index (χ3v) is 6.46. The first-order valence-electron chi connectivity index (χ1n) is 8.19. The standard InChI is InChI=1S/C18H27NO/c1-16-7-13-8-17(2,10-16)12-18(9-13,11-16)15(19)6-14-4-3-5-20-14/h3-5,13,15H,6-12,19H2,1-2H3. The van der Waals surface area contributed by atoms with E-state index < -0.39 is 0 Å². The maximum Gasteiger partial charge on any atom is 0.105 e. The largest absolute Gasteiger partial charge is 0.469 e. The van der Waals surface area contributed by atoms with E-state index in [0.717, 1.165) is 18.1 Å². The summed E-state index contributed by atoms with van der Waals surface area (Å²) in [7, 11) is 0. The second-order valence-electron chi connectivity index (χ2n) is 8.88. The van der Waals surface area contributed by atoms with Crippen molar-refractivity contribution < 1.29 is 4.42 Å². The van der Waals surface area contributed by atoms with Crippen LogP contribution >= 0.6 is 0 Å². The van der Waals surface area contributed by atoms with Gasteiger partial charge in [-0.25, -0.2) is 0 Å². The Morgan fingerprint density at radius 3 is 2.45 bits per heavy atom. The zero-order valence-electron chi connectivity index (χ0n) is 12.8. The third kappa shape index (κ3) is 1.88. The zero-order valence-corrected chi connectivity index (χ0v) is 12.8. The Morgan fingerprint density at radius 2 is 1.90 bits per heavy atom. The van der Waals surface area contributed by atoms with Crippen molar-refractivity contribution in [2.75, 3.05) is 0 Å². The summed E-state index contributed by atoms with van der Waals surface area (Å²) in [5.41, 5.74) is 8.19. The van der Waals surface area contributed by atoms with Gasteiger partial charge in [-0.15, -0.1) is 0 Å². The molecule has 3 atom stereocenters. The molecule has 0 amide bonds. The molecule has 1 aromatic rings. The summed E-state index contributed by atoms with van der Waals surface area (Å²) in [4.78, 5) is 0. The van der Waals surface area contributed by atoms with Gasteiger partial charge < -0.3 is 10.2 Å². The first kappa shape index (κ1) is 12.9. The van der Waals surface area contributed by atoms with Gasteiger partial charge in [-0.3, -0.25) is 0 Å². The van der Waals surface area contributed by atoms with E-state index in [9.17, 15) is 0 Å². The van der Waals surface area contributed by atoms with Gasteiger partial charge in [0.2, 0.25) is 0 Å². The fourth-order valence-corrected chi connectivity index (χ4v) is 6.81. The molecule has 1 aromatic heterocycles. The minimum Gasteiger partial charge on any atom is -0.469 e. The van der Waals surface area contributed by atoms with E-state index in [4.69, 9.17) is 10.2 Å². The summed E-state index contributed by atoms with van der Waals surface area (Å²) >= 11 is 0. The van der Waals surface area contributed by atoms with E-state index in [1.165, 1.54) is 38.5 Å². The van der Waals surface area contributed by atoms with Gasteiger partial charge in [0.25, 0.3) is 0 Å². The van der Waals surface area contributed by atoms with E-state index in [0.29, 0.717) is 16.2 Å². The molecule has 4 saturated carbocycles. The van der Waals surface area contributed by atoms with E-state index >= 15 is 0 Å². The van der Waals surface area contributed by atoms with Crippen LogP contribution in [0.5, 0.6) is 0 Å². The molecule has 3 unspecified atom stereocenters. The van der Waals surface area contributed by atoms with Crippen molar-refractivity contribution in [2.45, 2.75) is 64.8 Å². The van der Waals surface area contributed by atoms with E-state index in [1.54, 1.807) is 6.26 Å². The van der Waals surface area contributed by atoms with Crippen molar-refractivity contribution in [2.24, 2.45) is 27.9 Å². The molecule has 110 valence electrons. The van der Waals surface area contributed by atoms with Crippen LogP contribution in [0.1, 0.15) is 58.1 Å². The molecule has 5 rings (SSSR count). The van der Waals surface area contributed by atoms with Gasteiger partial charge in [0.15, 0.2) is 0 Å². The molecule has 2 N–H and O–H groups in total. The molecule has 4 aliphatic carbocycles. The van der Waals surface area contributed by atoms with Crippen LogP contribution in [0.15, 0.2) is 22.8 Å². The Kier molecular flexibility index (Phi) is 2.53. The average Bonchev–Trinajstić information content (AvgIpc) is 2.76. The van der Waals surface area contributed by atoms with Gasteiger partial charge in [-0.2, -0.15) is 0 Å². The number of hydrogen-bond acceptors (Lipinski definition) is 2. The zero-order chi connectivity index (χ0) is 14.0. The lowest BCUT2D eigenvalue weighted by molar-refractivity contribution is -0.153. The molecule has 20 heavy (non-hydrogen) atoms. The highest BCUT2D eigenvalue weighted by molar-refractivity contribution is 5.14. The fraction of sp³-hybridized carbons (Fsp3) is 0.778. The lowest BCUT2D eigenvalue weighted by atomic mass is 9.39. The van der Waals surface area contributed by atoms with E-state index in [1.807, 2.05) is 6.07 Å². The van der Waals surface area contributed by atoms with Gasteiger partial charge in [-0.1, -0.05) is 13.8 Å². The normalized spacial score (nSPS) is 47.6. The molecule has 0 spiro atoms. The van der Waals surface area contributed by atoms with Crippen LogP contribution in [0.25, 0.3) is 0 Å². The molecule has 0 radical (unpaired) electrons. The van der Waals surface area contributed by atoms with Crippen LogP contribution in [-0.2, 0) is 6.42 Å². The lowest BCUT2D eigenvalue weighted by Crippen LogP contribution is -2.61. The molecule has 0 saturated heterocycles. The Hall–Kier alpha value is -0.760. The van der Waals surface area contributed by atoms with Gasteiger partial charge in [0.05, 0.1) is 6.26 Å². The second kappa shape index (κ2) is 3.91. The maximum atomic E-state index is 6.72. The summed E-state index contributed by atoms with van der Waals surface area (Å²) in [5, 5.41) is 0. The fourth-order valence-electron chi connectivity index (χ4n) is 6.81. The third-order valence-electron chi connectivity index (χ3n) is 6.46. The van der Waals surface area contributed by atoms with Gasteiger partial charge in [0.1, 0.15) is 5.76 Å². The first-order chi connectivity index (χ1) is 9.41. The summed E-state index contributed by atoms with van der Waals surface area (Å²) in [6.45, 7) is 5.04. The highest BCUT2D eigenvalue weighted by atomic mass is 16.3. The molecule has 2 heteroatoms. The lowest BCUT2D eigenvalue weighted by Gasteiger charge is -2.67. The molecule has 0 aromatic carbocycles. The Labute approximate surface area is 122 Å². The van der Waals surface area contributed by atoms with E-state index in [-0.39, 0.29) is 6.04 Å². The smallest absolute Gasteiger partial charge is 0.105 e. The van der Waals surface area contributed by atoms with Crippen molar-refractivity contribution in [3.05, 3.63) is 24.2 Å². The average molecular weight is 273 g/mol. The van der Waals surface area contributed by atoms with Crippen molar-refractivity contribution in [1.82, 2.24) is 0 Å². The van der Waals surface area contributed by atoms with Crippen LogP contribution in [0.3, 0.4) is 0 Å². The minimum atomic E-state index is 0.260. The van der Waals surface area contributed by atoms with Crippen LogP contribution in [0, 0.1) is 22.2 Å². The number of rotatable bonds is 3. The maximum absolute atomic E-state index is 6.72. The number of nitrogens with two attached hydrogens (primary N) is 1. The van der Waals surface area contributed by atoms with Crippen molar-refractivity contribution in [3.63, 3.8) is 0 Å². The predicted octanol–water partition coefficient (Wildman–Crippen LogP) is 4.15. The van der Waals surface area contributed by atoms with Crippen LogP contribution in [-0.4, -0.2) is 6.04 Å². The quantitative estimate of drug-likeness (QED) is 0.898. The molecule has 1 heterocycles. The Morgan fingerprint density at radius 1 is 1.20 bits per heavy atom. The van der Waals surface area contributed by atoms with E-state index in [2.05, 4.69) is 19.9 Å². The van der Waals surface area contributed by atoms with Gasteiger partial charge in [-0.05, 0) is 72.8 Å². The van der Waals surface area contributed by atoms with Crippen molar-refractivity contribution >= 4 is 0 Å². The monoisotopic (exact) mass is 273 g/mol. The molecule has 2 nitrogen and oxygen atoms in total. The first-order valence-corrected chi connectivity index (χ1v) is 8.19. The SMILES string of the molecule is CC12CC3CC(C)(C1)CC(C(N)Cc1ccco1)(C3)C2. The molecular weight excluding hydrogens is 246 g/mol. The minimum absolute atomic E-state index is 0.260. The van der Waals surface area contributed by atoms with Crippen molar-refractivity contribution in [3.8, 4) is 0 Å². The summed E-state index contributed by atoms with van der Waals surface area (Å²) in [5.74, 6) is 1.98. The second-order valence-corrected chi connectivity index (χ2v) is 8.88. The number of furan rings is 1. The Bertz CT molecular complexity index is 487. The van der Waals surface area contributed by atoms with Gasteiger partial charge in [0, 0.05) is 12.5 Å². The topological polar surface area (TPSA) is 39.2 Å². The summed E-state index contributed by atoms with van der Waals surface area (Å²) in [6.07, 6.45) is 11.0. The number of hydrogen-bond donors (Lipinski definition) is 1. The van der Waals surface area contributed by atoms with Crippen LogP contribution in [0.4, 0.5) is 0 Å². The molecule has 4 bridgehead atoms. The Balaban J connectivity index is 1.63. The summed E-state index contributed by atoms with van der Waals surface area (Å²) in [6, 6.07) is 4.31. The molecule has 4 fully saturated rings. The van der Waals surface area contributed by atoms with Gasteiger partial charge >= 0.3 is 0 Å². The van der Waals surface area contributed by atoms with Crippen LogP contribution < -0.4 is 5.73 Å². The van der Waals surface area contributed by atoms with Crippen molar-refractivity contribution in [1.29, 1.82) is 0 Å². The molecule has 0 aliphatic heterocycles. The highest BCUT2D eigenvalue weighted by Gasteiger charge is 2.61.